The molecule has 1 fully saturated rings. The van der Waals surface area contributed by atoms with E-state index in [1.807, 2.05) is 6.92 Å². The topological polar surface area (TPSA) is 63.2 Å². The Morgan fingerprint density at radius 3 is 2.80 bits per heavy atom. The van der Waals surface area contributed by atoms with Gasteiger partial charge in [-0.25, -0.2) is 0 Å². The average molecular weight is 298 g/mol. The first-order valence-electron chi connectivity index (χ1n) is 6.77. The van der Waals surface area contributed by atoms with Crippen LogP contribution in [0.5, 0.6) is 0 Å². The predicted molar refractivity (Wildman–Crippen MR) is 80.4 cm³/mol. The van der Waals surface area contributed by atoms with Crippen molar-refractivity contribution < 1.29 is 4.74 Å². The van der Waals surface area contributed by atoms with Crippen LogP contribution < -0.4 is 10.2 Å². The molecule has 0 atom stereocenters. The van der Waals surface area contributed by atoms with Gasteiger partial charge < -0.3 is 15.0 Å². The van der Waals surface area contributed by atoms with Crippen molar-refractivity contribution in [2.75, 3.05) is 43.1 Å². The zero-order chi connectivity index (χ0) is 14.4. The quantitative estimate of drug-likeness (QED) is 0.614. The third-order valence-electron chi connectivity index (χ3n) is 2.86. The zero-order valence-electron chi connectivity index (χ0n) is 11.7. The number of aromatic nitrogens is 3. The lowest BCUT2D eigenvalue weighted by atomic mass is 10.4. The van der Waals surface area contributed by atoms with Gasteiger partial charge in [0.2, 0.25) is 17.2 Å². The lowest BCUT2D eigenvalue weighted by Gasteiger charge is -2.15. The van der Waals surface area contributed by atoms with Crippen LogP contribution in [0.3, 0.4) is 0 Å². The lowest BCUT2D eigenvalue weighted by Crippen LogP contribution is -2.22. The first-order chi connectivity index (χ1) is 9.65. The summed E-state index contributed by atoms with van der Waals surface area (Å²) in [5, 5.41) is 3.31. The van der Waals surface area contributed by atoms with Gasteiger partial charge in [-0.2, -0.15) is 15.0 Å². The van der Waals surface area contributed by atoms with Gasteiger partial charge in [0, 0.05) is 19.6 Å². The SMILES string of the molecule is C=C(C)COCCNc1nc(Cl)nc(N2CCCC2)n1. The molecule has 7 heteroatoms. The monoisotopic (exact) mass is 297 g/mol. The fraction of sp³-hybridized carbons (Fsp3) is 0.615. The molecule has 0 aliphatic carbocycles. The number of halogens is 1. The molecule has 0 radical (unpaired) electrons. The molecular formula is C13H20ClN5O. The number of anilines is 2. The van der Waals surface area contributed by atoms with E-state index in [0.29, 0.717) is 31.7 Å². The molecule has 1 aliphatic heterocycles. The summed E-state index contributed by atoms with van der Waals surface area (Å²) < 4.78 is 5.40. The summed E-state index contributed by atoms with van der Waals surface area (Å²) in [4.78, 5) is 14.7. The molecule has 1 aliphatic rings. The Morgan fingerprint density at radius 2 is 2.10 bits per heavy atom. The third-order valence-corrected chi connectivity index (χ3v) is 3.03. The molecule has 0 amide bonds. The summed E-state index contributed by atoms with van der Waals surface area (Å²) in [5.41, 5.74) is 1.00. The minimum atomic E-state index is 0.215. The normalized spacial score (nSPS) is 14.6. The van der Waals surface area contributed by atoms with Gasteiger partial charge in [0.15, 0.2) is 0 Å². The highest BCUT2D eigenvalue weighted by molar-refractivity contribution is 6.28. The van der Waals surface area contributed by atoms with E-state index < -0.39 is 0 Å². The summed E-state index contributed by atoms with van der Waals surface area (Å²) in [6.07, 6.45) is 2.33. The van der Waals surface area contributed by atoms with Crippen molar-refractivity contribution >= 4 is 23.5 Å². The second-order valence-electron chi connectivity index (χ2n) is 4.86. The van der Waals surface area contributed by atoms with E-state index in [-0.39, 0.29) is 5.28 Å². The van der Waals surface area contributed by atoms with Gasteiger partial charge in [-0.1, -0.05) is 12.2 Å². The maximum Gasteiger partial charge on any atom is 0.231 e. The average Bonchev–Trinajstić information content (AvgIpc) is 2.91. The summed E-state index contributed by atoms with van der Waals surface area (Å²) in [7, 11) is 0. The maximum atomic E-state index is 5.94. The fourth-order valence-corrected chi connectivity index (χ4v) is 2.11. The Kier molecular flexibility index (Phi) is 5.55. The van der Waals surface area contributed by atoms with Crippen LogP contribution in [0.2, 0.25) is 5.28 Å². The van der Waals surface area contributed by atoms with E-state index in [0.717, 1.165) is 18.7 Å². The van der Waals surface area contributed by atoms with Gasteiger partial charge in [-0.3, -0.25) is 0 Å². The predicted octanol–water partition coefficient (Wildman–Crippen LogP) is 2.13. The number of hydrogen-bond donors (Lipinski definition) is 1. The van der Waals surface area contributed by atoms with Gasteiger partial charge in [0.05, 0.1) is 13.2 Å². The Balaban J connectivity index is 1.86. The second kappa shape index (κ2) is 7.40. The lowest BCUT2D eigenvalue weighted by molar-refractivity contribution is 0.167. The molecule has 6 nitrogen and oxygen atoms in total. The van der Waals surface area contributed by atoms with Crippen LogP contribution in [-0.4, -0.2) is 47.8 Å². The molecular weight excluding hydrogens is 278 g/mol. The maximum absolute atomic E-state index is 5.94. The molecule has 2 heterocycles. The Morgan fingerprint density at radius 1 is 1.35 bits per heavy atom. The number of rotatable bonds is 7. The summed E-state index contributed by atoms with van der Waals surface area (Å²) >= 11 is 5.94. The van der Waals surface area contributed by atoms with Gasteiger partial charge in [-0.15, -0.1) is 0 Å². The molecule has 0 saturated carbocycles. The minimum absolute atomic E-state index is 0.215. The van der Waals surface area contributed by atoms with Crippen LogP contribution in [0.15, 0.2) is 12.2 Å². The van der Waals surface area contributed by atoms with Gasteiger partial charge >= 0.3 is 0 Å². The molecule has 20 heavy (non-hydrogen) atoms. The molecule has 1 aromatic rings. The third kappa shape index (κ3) is 4.61. The van der Waals surface area contributed by atoms with E-state index in [2.05, 4.69) is 31.7 Å². The highest BCUT2D eigenvalue weighted by Gasteiger charge is 2.16. The van der Waals surface area contributed by atoms with Crippen LogP contribution in [0, 0.1) is 0 Å². The Hall–Kier alpha value is -1.40. The highest BCUT2D eigenvalue weighted by atomic mass is 35.5. The van der Waals surface area contributed by atoms with E-state index in [1.165, 1.54) is 12.8 Å². The molecule has 0 bridgehead atoms. The highest BCUT2D eigenvalue weighted by Crippen LogP contribution is 2.18. The van der Waals surface area contributed by atoms with Crippen molar-refractivity contribution in [1.29, 1.82) is 0 Å². The number of ether oxygens (including phenoxy) is 1. The van der Waals surface area contributed by atoms with Crippen LogP contribution in [0.4, 0.5) is 11.9 Å². The fourth-order valence-electron chi connectivity index (χ4n) is 1.96. The van der Waals surface area contributed by atoms with E-state index in [1.54, 1.807) is 0 Å². The van der Waals surface area contributed by atoms with E-state index in [4.69, 9.17) is 16.3 Å². The molecule has 0 aromatic carbocycles. The summed E-state index contributed by atoms with van der Waals surface area (Å²) in [6.45, 7) is 9.41. The first kappa shape index (κ1) is 15.0. The molecule has 1 N–H and O–H groups in total. The van der Waals surface area contributed by atoms with Crippen LogP contribution in [0.25, 0.3) is 0 Å². The van der Waals surface area contributed by atoms with Crippen molar-refractivity contribution in [1.82, 2.24) is 15.0 Å². The number of nitrogens with one attached hydrogen (secondary N) is 1. The largest absolute Gasteiger partial charge is 0.375 e. The van der Waals surface area contributed by atoms with Crippen molar-refractivity contribution in [3.8, 4) is 0 Å². The van der Waals surface area contributed by atoms with Gasteiger partial charge in [0.1, 0.15) is 0 Å². The first-order valence-corrected chi connectivity index (χ1v) is 7.15. The summed E-state index contributed by atoms with van der Waals surface area (Å²) in [5.74, 6) is 1.14. The van der Waals surface area contributed by atoms with Crippen molar-refractivity contribution in [3.05, 3.63) is 17.4 Å². The molecule has 2 rings (SSSR count). The number of nitrogens with zero attached hydrogens (tertiary/aromatic N) is 4. The minimum Gasteiger partial charge on any atom is -0.375 e. The van der Waals surface area contributed by atoms with Gasteiger partial charge in [0.25, 0.3) is 0 Å². The Bertz CT molecular complexity index is 462. The standard InChI is InChI=1S/C13H20ClN5O/c1-10(2)9-20-8-5-15-12-16-11(14)17-13(18-12)19-6-3-4-7-19/h1,3-9H2,2H3,(H,15,16,17,18). The van der Waals surface area contributed by atoms with Crippen molar-refractivity contribution in [2.24, 2.45) is 0 Å². The van der Waals surface area contributed by atoms with Crippen LogP contribution in [0.1, 0.15) is 19.8 Å². The summed E-state index contributed by atoms with van der Waals surface area (Å²) in [6, 6.07) is 0. The molecule has 1 saturated heterocycles. The Labute approximate surface area is 124 Å². The zero-order valence-corrected chi connectivity index (χ0v) is 12.5. The second-order valence-corrected chi connectivity index (χ2v) is 5.20. The molecule has 110 valence electrons. The molecule has 0 unspecified atom stereocenters. The van der Waals surface area contributed by atoms with Crippen molar-refractivity contribution in [3.63, 3.8) is 0 Å². The number of hydrogen-bond acceptors (Lipinski definition) is 6. The van der Waals surface area contributed by atoms with E-state index >= 15 is 0 Å². The van der Waals surface area contributed by atoms with Crippen molar-refractivity contribution in [2.45, 2.75) is 19.8 Å². The van der Waals surface area contributed by atoms with Crippen LogP contribution in [-0.2, 0) is 4.74 Å². The smallest absolute Gasteiger partial charge is 0.231 e. The van der Waals surface area contributed by atoms with Gasteiger partial charge in [-0.05, 0) is 31.4 Å². The van der Waals surface area contributed by atoms with Crippen LogP contribution >= 0.6 is 11.6 Å². The molecule has 1 aromatic heterocycles. The molecule has 0 spiro atoms. The van der Waals surface area contributed by atoms with E-state index in [9.17, 15) is 0 Å².